The van der Waals surface area contributed by atoms with Crippen molar-refractivity contribution < 1.29 is 0 Å². The first kappa shape index (κ1) is 14.5. The second-order valence-electron chi connectivity index (χ2n) is 5.17. The zero-order valence-corrected chi connectivity index (χ0v) is 13.3. The Labute approximate surface area is 124 Å². The standard InChI is InChI=1S/C16H20ClNS/c1-11-5-4-6-14(7-11)8-15(10-17)9-16-18-12(2)13(3)19-16/h4-7,15H,8-10H2,1-3H3. The summed E-state index contributed by atoms with van der Waals surface area (Å²) in [7, 11) is 0. The van der Waals surface area contributed by atoms with Gasteiger partial charge < -0.3 is 0 Å². The molecular weight excluding hydrogens is 274 g/mol. The fourth-order valence-corrected chi connectivity index (χ4v) is 3.49. The van der Waals surface area contributed by atoms with Crippen molar-refractivity contribution in [2.75, 3.05) is 5.88 Å². The van der Waals surface area contributed by atoms with E-state index in [4.69, 9.17) is 11.6 Å². The largest absolute Gasteiger partial charge is 0.246 e. The van der Waals surface area contributed by atoms with E-state index in [1.54, 1.807) is 11.3 Å². The molecule has 102 valence electrons. The predicted molar refractivity (Wildman–Crippen MR) is 84.4 cm³/mol. The fourth-order valence-electron chi connectivity index (χ4n) is 2.23. The van der Waals surface area contributed by atoms with E-state index in [2.05, 4.69) is 50.0 Å². The van der Waals surface area contributed by atoms with Crippen molar-refractivity contribution in [1.82, 2.24) is 4.98 Å². The van der Waals surface area contributed by atoms with Crippen LogP contribution in [0.5, 0.6) is 0 Å². The summed E-state index contributed by atoms with van der Waals surface area (Å²) in [6.45, 7) is 6.34. The van der Waals surface area contributed by atoms with Gasteiger partial charge in [0.2, 0.25) is 0 Å². The summed E-state index contributed by atoms with van der Waals surface area (Å²) in [5.74, 6) is 1.15. The third kappa shape index (κ3) is 4.05. The maximum absolute atomic E-state index is 6.13. The van der Waals surface area contributed by atoms with Gasteiger partial charge in [0, 0.05) is 17.2 Å². The number of rotatable bonds is 5. The maximum atomic E-state index is 6.13. The van der Waals surface area contributed by atoms with Crippen LogP contribution < -0.4 is 0 Å². The molecule has 1 aromatic carbocycles. The van der Waals surface area contributed by atoms with Crippen molar-refractivity contribution in [2.45, 2.75) is 33.6 Å². The average Bonchev–Trinajstić information content (AvgIpc) is 2.67. The zero-order valence-electron chi connectivity index (χ0n) is 11.7. The van der Waals surface area contributed by atoms with E-state index < -0.39 is 0 Å². The Morgan fingerprint density at radius 2 is 2.00 bits per heavy atom. The Balaban J connectivity index is 2.04. The molecule has 0 amide bonds. The molecule has 0 aliphatic heterocycles. The summed E-state index contributed by atoms with van der Waals surface area (Å²) in [6.07, 6.45) is 2.01. The molecule has 2 rings (SSSR count). The fraction of sp³-hybridized carbons (Fsp3) is 0.438. The van der Waals surface area contributed by atoms with Gasteiger partial charge in [-0.25, -0.2) is 4.98 Å². The Morgan fingerprint density at radius 3 is 2.58 bits per heavy atom. The van der Waals surface area contributed by atoms with Crippen molar-refractivity contribution in [1.29, 1.82) is 0 Å². The minimum absolute atomic E-state index is 0.466. The van der Waals surface area contributed by atoms with Crippen LogP contribution in [0.15, 0.2) is 24.3 Å². The molecule has 0 bridgehead atoms. The number of thiazole rings is 1. The van der Waals surface area contributed by atoms with Crippen LogP contribution in [0.4, 0.5) is 0 Å². The molecule has 1 heterocycles. The van der Waals surface area contributed by atoms with Crippen LogP contribution in [0, 0.1) is 26.7 Å². The number of nitrogens with zero attached hydrogens (tertiary/aromatic N) is 1. The second-order valence-corrected chi connectivity index (χ2v) is 6.76. The molecule has 0 spiro atoms. The van der Waals surface area contributed by atoms with E-state index in [1.807, 2.05) is 0 Å². The number of hydrogen-bond donors (Lipinski definition) is 0. The van der Waals surface area contributed by atoms with E-state index in [-0.39, 0.29) is 0 Å². The summed E-state index contributed by atoms with van der Waals surface area (Å²) in [5.41, 5.74) is 3.84. The minimum atomic E-state index is 0.466. The first-order valence-electron chi connectivity index (χ1n) is 6.63. The molecular formula is C16H20ClNS. The van der Waals surface area contributed by atoms with Crippen LogP contribution in [-0.4, -0.2) is 10.9 Å². The lowest BCUT2D eigenvalue weighted by atomic mass is 9.97. The van der Waals surface area contributed by atoms with Crippen molar-refractivity contribution in [3.63, 3.8) is 0 Å². The Morgan fingerprint density at radius 1 is 1.21 bits per heavy atom. The highest BCUT2D eigenvalue weighted by Gasteiger charge is 2.13. The lowest BCUT2D eigenvalue weighted by Crippen LogP contribution is -2.10. The Hall–Kier alpha value is -0.860. The third-order valence-electron chi connectivity index (χ3n) is 3.36. The van der Waals surface area contributed by atoms with Crippen LogP contribution in [0.1, 0.15) is 26.7 Å². The predicted octanol–water partition coefficient (Wildman–Crippen LogP) is 4.71. The van der Waals surface area contributed by atoms with Gasteiger partial charge >= 0.3 is 0 Å². The van der Waals surface area contributed by atoms with E-state index in [9.17, 15) is 0 Å². The number of aromatic nitrogens is 1. The van der Waals surface area contributed by atoms with Gasteiger partial charge in [-0.1, -0.05) is 29.8 Å². The number of aryl methyl sites for hydroxylation is 3. The number of benzene rings is 1. The first-order valence-corrected chi connectivity index (χ1v) is 7.98. The van der Waals surface area contributed by atoms with Crippen LogP contribution in [0.2, 0.25) is 0 Å². The molecule has 0 radical (unpaired) electrons. The molecule has 1 aromatic heterocycles. The lowest BCUT2D eigenvalue weighted by molar-refractivity contribution is 0.581. The lowest BCUT2D eigenvalue weighted by Gasteiger charge is -2.12. The van der Waals surface area contributed by atoms with Gasteiger partial charge in [-0.05, 0) is 38.7 Å². The minimum Gasteiger partial charge on any atom is -0.246 e. The van der Waals surface area contributed by atoms with Gasteiger partial charge in [-0.2, -0.15) is 0 Å². The third-order valence-corrected chi connectivity index (χ3v) is 4.89. The van der Waals surface area contributed by atoms with Crippen LogP contribution in [0.3, 0.4) is 0 Å². The molecule has 0 aliphatic rings. The summed E-state index contributed by atoms with van der Waals surface area (Å²) in [6, 6.07) is 8.68. The van der Waals surface area contributed by atoms with Gasteiger partial charge in [0.15, 0.2) is 0 Å². The Kier molecular flexibility index (Phi) is 5.00. The van der Waals surface area contributed by atoms with Crippen molar-refractivity contribution in [3.8, 4) is 0 Å². The molecule has 0 saturated carbocycles. The second kappa shape index (κ2) is 6.53. The molecule has 0 fully saturated rings. The molecule has 2 aromatic rings. The molecule has 19 heavy (non-hydrogen) atoms. The van der Waals surface area contributed by atoms with Gasteiger partial charge in [-0.15, -0.1) is 22.9 Å². The first-order chi connectivity index (χ1) is 9.08. The summed E-state index contributed by atoms with van der Waals surface area (Å²) < 4.78 is 0. The zero-order chi connectivity index (χ0) is 13.8. The van der Waals surface area contributed by atoms with Crippen molar-refractivity contribution in [3.05, 3.63) is 51.0 Å². The molecule has 0 aliphatic carbocycles. The van der Waals surface area contributed by atoms with E-state index in [0.717, 1.165) is 18.5 Å². The highest BCUT2D eigenvalue weighted by Crippen LogP contribution is 2.22. The average molecular weight is 294 g/mol. The summed E-state index contributed by atoms with van der Waals surface area (Å²) in [4.78, 5) is 5.94. The highest BCUT2D eigenvalue weighted by atomic mass is 35.5. The van der Waals surface area contributed by atoms with Crippen molar-refractivity contribution >= 4 is 22.9 Å². The van der Waals surface area contributed by atoms with Crippen LogP contribution in [0.25, 0.3) is 0 Å². The SMILES string of the molecule is Cc1cccc(CC(CCl)Cc2nc(C)c(C)s2)c1. The van der Waals surface area contributed by atoms with E-state index >= 15 is 0 Å². The van der Waals surface area contributed by atoms with E-state index in [1.165, 1.54) is 21.0 Å². The summed E-state index contributed by atoms with van der Waals surface area (Å²) >= 11 is 7.93. The molecule has 0 N–H and O–H groups in total. The van der Waals surface area contributed by atoms with Gasteiger partial charge in [0.25, 0.3) is 0 Å². The van der Waals surface area contributed by atoms with Gasteiger partial charge in [0.05, 0.1) is 10.7 Å². The molecule has 1 nitrogen and oxygen atoms in total. The monoisotopic (exact) mass is 293 g/mol. The molecule has 1 unspecified atom stereocenters. The molecule has 1 atom stereocenters. The van der Waals surface area contributed by atoms with Gasteiger partial charge in [-0.3, -0.25) is 0 Å². The van der Waals surface area contributed by atoms with Crippen LogP contribution >= 0.6 is 22.9 Å². The van der Waals surface area contributed by atoms with Crippen LogP contribution in [-0.2, 0) is 12.8 Å². The molecule has 3 heteroatoms. The number of halogens is 1. The summed E-state index contributed by atoms with van der Waals surface area (Å²) in [5, 5.41) is 1.22. The van der Waals surface area contributed by atoms with Gasteiger partial charge in [0.1, 0.15) is 0 Å². The van der Waals surface area contributed by atoms with E-state index in [0.29, 0.717) is 11.8 Å². The quantitative estimate of drug-likeness (QED) is 0.728. The smallest absolute Gasteiger partial charge is 0.0934 e. The Bertz CT molecular complexity index is 528. The normalized spacial score (nSPS) is 12.6. The maximum Gasteiger partial charge on any atom is 0.0934 e. The van der Waals surface area contributed by atoms with Crippen molar-refractivity contribution in [2.24, 2.45) is 5.92 Å². The number of alkyl halides is 1. The molecule has 0 saturated heterocycles. The number of hydrogen-bond acceptors (Lipinski definition) is 2. The highest BCUT2D eigenvalue weighted by molar-refractivity contribution is 7.11. The topological polar surface area (TPSA) is 12.9 Å².